The van der Waals surface area contributed by atoms with Crippen molar-refractivity contribution >= 4 is 34.1 Å². The lowest BCUT2D eigenvalue weighted by molar-refractivity contribution is -0.133. The molecule has 1 fully saturated rings. The first kappa shape index (κ1) is 18.5. The van der Waals surface area contributed by atoms with Gasteiger partial charge in [-0.25, -0.2) is 0 Å². The van der Waals surface area contributed by atoms with E-state index in [0.29, 0.717) is 13.1 Å². The van der Waals surface area contributed by atoms with Crippen molar-refractivity contribution in [1.29, 1.82) is 0 Å². The standard InChI is InChI=1S/C23H25ClN4O/c24-17-5-7-18(8-6-17)27-13-11-26(12-14-27)16-23(29)28-10-9-22-20(15-28)19-3-1-2-4-21(19)25-22/h1-8,25H,9-16H2. The Morgan fingerprint density at radius 2 is 1.72 bits per heavy atom. The SMILES string of the molecule is O=C(CN1CCN(c2ccc(Cl)cc2)CC1)N1CCc2[nH]c3ccccc3c2C1. The summed E-state index contributed by atoms with van der Waals surface area (Å²) >= 11 is 5.99. The molecule has 2 aliphatic rings. The highest BCUT2D eigenvalue weighted by atomic mass is 35.5. The van der Waals surface area contributed by atoms with Crippen LogP contribution in [0, 0.1) is 0 Å². The molecule has 5 nitrogen and oxygen atoms in total. The van der Waals surface area contributed by atoms with Gasteiger partial charge >= 0.3 is 0 Å². The Bertz CT molecular complexity index is 1020. The molecule has 1 amide bonds. The van der Waals surface area contributed by atoms with E-state index in [9.17, 15) is 4.79 Å². The van der Waals surface area contributed by atoms with Gasteiger partial charge in [-0.2, -0.15) is 0 Å². The molecular formula is C23H25ClN4O. The fraction of sp³-hybridized carbons (Fsp3) is 0.348. The van der Waals surface area contributed by atoms with E-state index < -0.39 is 0 Å². The number of amides is 1. The number of nitrogens with one attached hydrogen (secondary N) is 1. The number of anilines is 1. The maximum atomic E-state index is 13.0. The number of hydrogen-bond acceptors (Lipinski definition) is 3. The molecule has 3 heterocycles. The Kier molecular flexibility index (Phi) is 4.94. The molecule has 5 rings (SSSR count). The van der Waals surface area contributed by atoms with Crippen molar-refractivity contribution in [3.8, 4) is 0 Å². The fourth-order valence-corrected chi connectivity index (χ4v) is 4.61. The number of benzene rings is 2. The number of piperazine rings is 1. The molecule has 0 radical (unpaired) electrons. The maximum Gasteiger partial charge on any atom is 0.237 e. The molecule has 150 valence electrons. The third-order valence-corrected chi connectivity index (χ3v) is 6.41. The molecular weight excluding hydrogens is 384 g/mol. The van der Waals surface area contributed by atoms with Crippen LogP contribution in [-0.2, 0) is 17.8 Å². The zero-order valence-electron chi connectivity index (χ0n) is 16.4. The molecule has 1 aromatic heterocycles. The Morgan fingerprint density at radius 3 is 2.52 bits per heavy atom. The monoisotopic (exact) mass is 408 g/mol. The van der Waals surface area contributed by atoms with Gasteiger partial charge in [0.15, 0.2) is 0 Å². The van der Waals surface area contributed by atoms with E-state index >= 15 is 0 Å². The molecule has 6 heteroatoms. The number of H-pyrrole nitrogens is 1. The van der Waals surface area contributed by atoms with Crippen molar-refractivity contribution in [1.82, 2.24) is 14.8 Å². The normalized spacial score (nSPS) is 17.6. The van der Waals surface area contributed by atoms with Gasteiger partial charge in [0, 0.05) is 78.6 Å². The Labute approximate surface area is 175 Å². The van der Waals surface area contributed by atoms with E-state index in [4.69, 9.17) is 11.6 Å². The van der Waals surface area contributed by atoms with Crippen molar-refractivity contribution < 1.29 is 4.79 Å². The first-order valence-electron chi connectivity index (χ1n) is 10.3. The Balaban J connectivity index is 1.19. The number of aromatic nitrogens is 1. The number of carbonyl (C=O) groups excluding carboxylic acids is 1. The van der Waals surface area contributed by atoms with Gasteiger partial charge in [-0.1, -0.05) is 29.8 Å². The zero-order chi connectivity index (χ0) is 19.8. The van der Waals surface area contributed by atoms with Crippen LogP contribution in [0.15, 0.2) is 48.5 Å². The van der Waals surface area contributed by atoms with E-state index in [2.05, 4.69) is 51.2 Å². The van der Waals surface area contributed by atoms with Gasteiger partial charge in [-0.05, 0) is 30.3 Å². The number of halogens is 1. The highest BCUT2D eigenvalue weighted by molar-refractivity contribution is 6.30. The summed E-state index contributed by atoms with van der Waals surface area (Å²) in [6.45, 7) is 5.68. The zero-order valence-corrected chi connectivity index (χ0v) is 17.2. The van der Waals surface area contributed by atoms with Crippen LogP contribution < -0.4 is 4.90 Å². The molecule has 29 heavy (non-hydrogen) atoms. The average Bonchev–Trinajstić information content (AvgIpc) is 3.13. The van der Waals surface area contributed by atoms with E-state index in [1.165, 1.54) is 27.8 Å². The Morgan fingerprint density at radius 1 is 0.966 bits per heavy atom. The molecule has 3 aromatic rings. The van der Waals surface area contributed by atoms with Crippen LogP contribution in [0.1, 0.15) is 11.3 Å². The van der Waals surface area contributed by atoms with Gasteiger partial charge in [0.05, 0.1) is 6.54 Å². The van der Waals surface area contributed by atoms with Crippen molar-refractivity contribution in [2.24, 2.45) is 0 Å². The third-order valence-electron chi connectivity index (χ3n) is 6.16. The maximum absolute atomic E-state index is 13.0. The van der Waals surface area contributed by atoms with Crippen LogP contribution in [0.4, 0.5) is 5.69 Å². The number of fused-ring (bicyclic) bond motifs is 3. The van der Waals surface area contributed by atoms with Crippen molar-refractivity contribution in [3.63, 3.8) is 0 Å². The molecule has 2 aromatic carbocycles. The lowest BCUT2D eigenvalue weighted by atomic mass is 10.0. The van der Waals surface area contributed by atoms with E-state index in [1.54, 1.807) is 0 Å². The molecule has 2 aliphatic heterocycles. The smallest absolute Gasteiger partial charge is 0.237 e. The van der Waals surface area contributed by atoms with E-state index in [0.717, 1.165) is 44.2 Å². The van der Waals surface area contributed by atoms with Crippen molar-refractivity contribution in [3.05, 3.63) is 64.8 Å². The summed E-state index contributed by atoms with van der Waals surface area (Å²) in [4.78, 5) is 23.1. The first-order chi connectivity index (χ1) is 14.2. The van der Waals surface area contributed by atoms with E-state index in [1.807, 2.05) is 17.0 Å². The van der Waals surface area contributed by atoms with Crippen LogP contribution in [-0.4, -0.2) is 60.0 Å². The lowest BCUT2D eigenvalue weighted by Gasteiger charge is -2.37. The Hall–Kier alpha value is -2.50. The summed E-state index contributed by atoms with van der Waals surface area (Å²) in [5, 5.41) is 2.01. The number of aromatic amines is 1. The summed E-state index contributed by atoms with van der Waals surface area (Å²) in [7, 11) is 0. The average molecular weight is 409 g/mol. The summed E-state index contributed by atoms with van der Waals surface area (Å²) < 4.78 is 0. The molecule has 0 unspecified atom stereocenters. The molecule has 0 bridgehead atoms. The molecule has 0 spiro atoms. The minimum Gasteiger partial charge on any atom is -0.369 e. The summed E-state index contributed by atoms with van der Waals surface area (Å²) in [6, 6.07) is 16.4. The summed E-state index contributed by atoms with van der Waals surface area (Å²) in [6.07, 6.45) is 0.903. The van der Waals surface area contributed by atoms with Crippen LogP contribution in [0.2, 0.25) is 5.02 Å². The van der Waals surface area contributed by atoms with Crippen molar-refractivity contribution in [2.45, 2.75) is 13.0 Å². The minimum absolute atomic E-state index is 0.237. The highest BCUT2D eigenvalue weighted by Crippen LogP contribution is 2.27. The fourth-order valence-electron chi connectivity index (χ4n) is 4.49. The predicted octanol–water partition coefficient (Wildman–Crippen LogP) is 3.53. The molecule has 1 N–H and O–H groups in total. The molecule has 1 saturated heterocycles. The van der Waals surface area contributed by atoms with Gasteiger partial charge in [-0.3, -0.25) is 9.69 Å². The molecule has 0 saturated carbocycles. The topological polar surface area (TPSA) is 42.6 Å². The second-order valence-electron chi connectivity index (χ2n) is 7.93. The highest BCUT2D eigenvalue weighted by Gasteiger charge is 2.26. The van der Waals surface area contributed by atoms with Gasteiger partial charge in [0.2, 0.25) is 5.91 Å². The molecule has 0 atom stereocenters. The van der Waals surface area contributed by atoms with Gasteiger partial charge in [0.25, 0.3) is 0 Å². The minimum atomic E-state index is 0.237. The number of carbonyl (C=O) groups is 1. The van der Waals surface area contributed by atoms with Crippen molar-refractivity contribution in [2.75, 3.05) is 44.2 Å². The second-order valence-corrected chi connectivity index (χ2v) is 8.37. The van der Waals surface area contributed by atoms with E-state index in [-0.39, 0.29) is 5.91 Å². The number of para-hydroxylation sites is 1. The number of rotatable bonds is 3. The summed E-state index contributed by atoms with van der Waals surface area (Å²) in [5.41, 5.74) is 4.94. The van der Waals surface area contributed by atoms with Gasteiger partial charge in [-0.15, -0.1) is 0 Å². The lowest BCUT2D eigenvalue weighted by Crippen LogP contribution is -2.50. The van der Waals surface area contributed by atoms with Crippen LogP contribution in [0.5, 0.6) is 0 Å². The van der Waals surface area contributed by atoms with Gasteiger partial charge < -0.3 is 14.8 Å². The predicted molar refractivity (Wildman–Crippen MR) is 118 cm³/mol. The first-order valence-corrected chi connectivity index (χ1v) is 10.6. The van der Waals surface area contributed by atoms with Crippen LogP contribution in [0.3, 0.4) is 0 Å². The van der Waals surface area contributed by atoms with Gasteiger partial charge in [0.1, 0.15) is 0 Å². The van der Waals surface area contributed by atoms with Crippen LogP contribution >= 0.6 is 11.6 Å². The quantitative estimate of drug-likeness (QED) is 0.721. The second kappa shape index (κ2) is 7.73. The molecule has 0 aliphatic carbocycles. The van der Waals surface area contributed by atoms with Crippen LogP contribution in [0.25, 0.3) is 10.9 Å². The number of nitrogens with zero attached hydrogens (tertiary/aromatic N) is 3. The summed E-state index contributed by atoms with van der Waals surface area (Å²) in [5.74, 6) is 0.237. The third kappa shape index (κ3) is 3.72. The largest absolute Gasteiger partial charge is 0.369 e. The number of hydrogen-bond donors (Lipinski definition) is 1.